The summed E-state index contributed by atoms with van der Waals surface area (Å²) in [4.78, 5) is 24.1. The van der Waals surface area contributed by atoms with E-state index in [1.807, 2.05) is 54.6 Å². The second-order valence-corrected chi connectivity index (χ2v) is 5.27. The van der Waals surface area contributed by atoms with Gasteiger partial charge in [0.05, 0.1) is 11.4 Å². The Morgan fingerprint density at radius 1 is 1.00 bits per heavy atom. The fourth-order valence-corrected chi connectivity index (χ4v) is 2.64. The number of para-hydroxylation sites is 1. The van der Waals surface area contributed by atoms with Crippen LogP contribution >= 0.6 is 11.8 Å². The van der Waals surface area contributed by atoms with Gasteiger partial charge in [-0.15, -0.1) is 11.8 Å². The highest BCUT2D eigenvalue weighted by Crippen LogP contribution is 2.27. The van der Waals surface area contributed by atoms with Crippen LogP contribution in [0.15, 0.2) is 59.5 Å². The van der Waals surface area contributed by atoms with E-state index in [1.165, 1.54) is 18.7 Å². The Morgan fingerprint density at radius 2 is 1.65 bits per heavy atom. The van der Waals surface area contributed by atoms with Crippen molar-refractivity contribution in [1.82, 2.24) is 0 Å². The number of Topliss-reactive ketones (excluding diaryl/α,β-unsaturated/α-hetero) is 1. The summed E-state index contributed by atoms with van der Waals surface area (Å²) >= 11 is 1.43. The van der Waals surface area contributed by atoms with Crippen LogP contribution in [0.2, 0.25) is 0 Å². The summed E-state index contributed by atoms with van der Waals surface area (Å²) in [7, 11) is 0. The minimum Gasteiger partial charge on any atom is -0.325 e. The smallest absolute Gasteiger partial charge is 0.221 e. The number of thioether (sulfide) groups is 1. The second-order valence-electron chi connectivity index (χ2n) is 4.26. The molecule has 20 heavy (non-hydrogen) atoms. The summed E-state index contributed by atoms with van der Waals surface area (Å²) in [5.41, 5.74) is 1.45. The average Bonchev–Trinajstić information content (AvgIpc) is 2.46. The number of benzene rings is 2. The molecular formula is C16H15NO2S. The van der Waals surface area contributed by atoms with Crippen molar-refractivity contribution in [1.29, 1.82) is 0 Å². The molecule has 1 amide bonds. The summed E-state index contributed by atoms with van der Waals surface area (Å²) in [6.07, 6.45) is 0. The van der Waals surface area contributed by atoms with E-state index < -0.39 is 0 Å². The van der Waals surface area contributed by atoms with Gasteiger partial charge in [-0.3, -0.25) is 9.59 Å². The number of rotatable bonds is 5. The molecule has 3 nitrogen and oxygen atoms in total. The largest absolute Gasteiger partial charge is 0.325 e. The Labute approximate surface area is 122 Å². The third-order valence-electron chi connectivity index (χ3n) is 2.65. The maximum Gasteiger partial charge on any atom is 0.221 e. The van der Waals surface area contributed by atoms with Gasteiger partial charge in [-0.1, -0.05) is 42.5 Å². The molecule has 0 atom stereocenters. The minimum atomic E-state index is -0.118. The molecule has 0 fully saturated rings. The molecule has 0 saturated carbocycles. The number of carbonyl (C=O) groups excluding carboxylic acids is 2. The standard InChI is InChI=1S/C16H15NO2S/c1-12(18)17-14-9-5-6-10-16(14)20-11-15(19)13-7-3-2-4-8-13/h2-10H,11H2,1H3,(H,17,18). The molecule has 4 heteroatoms. The molecule has 0 radical (unpaired) electrons. The molecule has 0 aliphatic carbocycles. The lowest BCUT2D eigenvalue weighted by atomic mass is 10.2. The fraction of sp³-hybridized carbons (Fsp3) is 0.125. The lowest BCUT2D eigenvalue weighted by Gasteiger charge is -2.08. The van der Waals surface area contributed by atoms with Gasteiger partial charge in [0.15, 0.2) is 5.78 Å². The van der Waals surface area contributed by atoms with E-state index in [2.05, 4.69) is 5.32 Å². The van der Waals surface area contributed by atoms with Gasteiger partial charge in [-0.05, 0) is 12.1 Å². The Bertz CT molecular complexity index is 611. The fourth-order valence-electron chi connectivity index (χ4n) is 1.74. The maximum absolute atomic E-state index is 12.0. The van der Waals surface area contributed by atoms with Crippen molar-refractivity contribution in [3.05, 3.63) is 60.2 Å². The van der Waals surface area contributed by atoms with Gasteiger partial charge in [-0.25, -0.2) is 0 Å². The van der Waals surface area contributed by atoms with Crippen molar-refractivity contribution in [2.75, 3.05) is 11.1 Å². The first-order valence-corrected chi connectivity index (χ1v) is 7.23. The second kappa shape index (κ2) is 6.91. The maximum atomic E-state index is 12.0. The third-order valence-corrected chi connectivity index (χ3v) is 3.73. The number of carbonyl (C=O) groups is 2. The average molecular weight is 285 g/mol. The van der Waals surface area contributed by atoms with E-state index in [-0.39, 0.29) is 11.7 Å². The van der Waals surface area contributed by atoms with E-state index in [1.54, 1.807) is 0 Å². The molecule has 0 unspecified atom stereocenters. The molecule has 102 valence electrons. The van der Waals surface area contributed by atoms with Crippen LogP contribution in [-0.2, 0) is 4.79 Å². The van der Waals surface area contributed by atoms with Crippen LogP contribution in [0.1, 0.15) is 17.3 Å². The molecule has 0 saturated heterocycles. The molecular weight excluding hydrogens is 270 g/mol. The van der Waals surface area contributed by atoms with Crippen LogP contribution in [0.5, 0.6) is 0 Å². The minimum absolute atomic E-state index is 0.0771. The number of nitrogens with one attached hydrogen (secondary N) is 1. The monoisotopic (exact) mass is 285 g/mol. The van der Waals surface area contributed by atoms with Crippen LogP contribution in [-0.4, -0.2) is 17.4 Å². The van der Waals surface area contributed by atoms with Crippen molar-refractivity contribution >= 4 is 29.1 Å². The first-order chi connectivity index (χ1) is 9.66. The van der Waals surface area contributed by atoms with E-state index in [0.717, 1.165) is 10.6 Å². The molecule has 0 spiro atoms. The molecule has 0 aromatic heterocycles. The molecule has 1 N–H and O–H groups in total. The number of ketones is 1. The third kappa shape index (κ3) is 3.96. The molecule has 2 aromatic rings. The van der Waals surface area contributed by atoms with Gasteiger partial charge in [0.25, 0.3) is 0 Å². The van der Waals surface area contributed by atoms with Gasteiger partial charge < -0.3 is 5.32 Å². The zero-order valence-corrected chi connectivity index (χ0v) is 11.9. The quantitative estimate of drug-likeness (QED) is 0.674. The van der Waals surface area contributed by atoms with E-state index in [4.69, 9.17) is 0 Å². The molecule has 0 aliphatic heterocycles. The summed E-state index contributed by atoms with van der Waals surface area (Å²) in [5.74, 6) is 0.307. The topological polar surface area (TPSA) is 46.2 Å². The Balaban J connectivity index is 2.04. The van der Waals surface area contributed by atoms with Gasteiger partial charge in [0, 0.05) is 17.4 Å². The molecule has 0 heterocycles. The van der Waals surface area contributed by atoms with Crippen LogP contribution in [0.3, 0.4) is 0 Å². The summed E-state index contributed by atoms with van der Waals surface area (Å²) < 4.78 is 0. The van der Waals surface area contributed by atoms with Crippen LogP contribution in [0.25, 0.3) is 0 Å². The normalized spacial score (nSPS) is 10.1. The van der Waals surface area contributed by atoms with Crippen LogP contribution in [0.4, 0.5) is 5.69 Å². The van der Waals surface area contributed by atoms with Crippen molar-refractivity contribution in [2.24, 2.45) is 0 Å². The summed E-state index contributed by atoms with van der Waals surface area (Å²) in [6.45, 7) is 1.47. The number of amides is 1. The van der Waals surface area contributed by atoms with Crippen LogP contribution < -0.4 is 5.32 Å². The number of anilines is 1. The molecule has 0 aliphatic rings. The van der Waals surface area contributed by atoms with E-state index in [9.17, 15) is 9.59 Å². The van der Waals surface area contributed by atoms with Gasteiger partial charge in [0.1, 0.15) is 0 Å². The van der Waals surface area contributed by atoms with Crippen LogP contribution in [0, 0.1) is 0 Å². The van der Waals surface area contributed by atoms with Crippen molar-refractivity contribution in [2.45, 2.75) is 11.8 Å². The highest BCUT2D eigenvalue weighted by molar-refractivity contribution is 8.00. The Hall–Kier alpha value is -2.07. The van der Waals surface area contributed by atoms with Crippen molar-refractivity contribution < 1.29 is 9.59 Å². The summed E-state index contributed by atoms with van der Waals surface area (Å²) in [6, 6.07) is 16.7. The van der Waals surface area contributed by atoms with Gasteiger partial charge in [0.2, 0.25) is 5.91 Å². The Kier molecular flexibility index (Phi) is 4.96. The highest BCUT2D eigenvalue weighted by Gasteiger charge is 2.09. The lowest BCUT2D eigenvalue weighted by molar-refractivity contribution is -0.114. The summed E-state index contributed by atoms with van der Waals surface area (Å²) in [5, 5.41) is 2.77. The zero-order valence-electron chi connectivity index (χ0n) is 11.1. The predicted molar refractivity (Wildman–Crippen MR) is 82.2 cm³/mol. The number of hydrogen-bond donors (Lipinski definition) is 1. The highest BCUT2D eigenvalue weighted by atomic mass is 32.2. The van der Waals surface area contributed by atoms with Gasteiger partial charge >= 0.3 is 0 Å². The van der Waals surface area contributed by atoms with Crippen molar-refractivity contribution in [3.8, 4) is 0 Å². The van der Waals surface area contributed by atoms with E-state index >= 15 is 0 Å². The van der Waals surface area contributed by atoms with E-state index in [0.29, 0.717) is 11.3 Å². The van der Waals surface area contributed by atoms with Gasteiger partial charge in [-0.2, -0.15) is 0 Å². The first kappa shape index (κ1) is 14.3. The SMILES string of the molecule is CC(=O)Nc1ccccc1SCC(=O)c1ccccc1. The molecule has 2 rings (SSSR count). The number of hydrogen-bond acceptors (Lipinski definition) is 3. The lowest BCUT2D eigenvalue weighted by Crippen LogP contribution is -2.07. The van der Waals surface area contributed by atoms with Crippen molar-refractivity contribution in [3.63, 3.8) is 0 Å². The predicted octanol–water partition coefficient (Wildman–Crippen LogP) is 3.62. The zero-order chi connectivity index (χ0) is 14.4. The Morgan fingerprint density at radius 3 is 2.35 bits per heavy atom. The molecule has 0 bridgehead atoms. The first-order valence-electron chi connectivity index (χ1n) is 6.24. The molecule has 2 aromatic carbocycles.